The Kier molecular flexibility index (Phi) is 2.92. The van der Waals surface area contributed by atoms with E-state index in [0.29, 0.717) is 0 Å². The van der Waals surface area contributed by atoms with Gasteiger partial charge in [-0.3, -0.25) is 4.98 Å². The molecule has 1 N–H and O–H groups in total. The summed E-state index contributed by atoms with van der Waals surface area (Å²) in [7, 11) is 0. The van der Waals surface area contributed by atoms with E-state index in [0.717, 1.165) is 30.2 Å². The zero-order valence-corrected chi connectivity index (χ0v) is 10.6. The molecule has 0 bridgehead atoms. The van der Waals surface area contributed by atoms with Crippen LogP contribution in [0.5, 0.6) is 0 Å². The SMILES string of the molecule is CC1CCN(c2cc(CO)nc3ccccc23)C1. The molecule has 2 heterocycles. The van der Waals surface area contributed by atoms with Gasteiger partial charge in [0.15, 0.2) is 0 Å². The average Bonchev–Trinajstić information content (AvgIpc) is 2.84. The first-order chi connectivity index (χ1) is 8.78. The summed E-state index contributed by atoms with van der Waals surface area (Å²) in [6.45, 7) is 4.48. The van der Waals surface area contributed by atoms with Gasteiger partial charge in [0, 0.05) is 24.2 Å². The van der Waals surface area contributed by atoms with Crippen molar-refractivity contribution in [1.82, 2.24) is 4.98 Å². The van der Waals surface area contributed by atoms with Gasteiger partial charge in [0.25, 0.3) is 0 Å². The van der Waals surface area contributed by atoms with Crippen LogP contribution in [0, 0.1) is 5.92 Å². The van der Waals surface area contributed by atoms with Gasteiger partial charge in [-0.25, -0.2) is 0 Å². The molecule has 3 rings (SSSR count). The number of aliphatic hydroxyl groups excluding tert-OH is 1. The summed E-state index contributed by atoms with van der Waals surface area (Å²) < 4.78 is 0. The second-order valence-corrected chi connectivity index (χ2v) is 5.15. The highest BCUT2D eigenvalue weighted by Gasteiger charge is 2.21. The van der Waals surface area contributed by atoms with E-state index in [-0.39, 0.29) is 6.61 Å². The monoisotopic (exact) mass is 242 g/mol. The van der Waals surface area contributed by atoms with E-state index in [2.05, 4.69) is 22.9 Å². The molecule has 3 heteroatoms. The van der Waals surface area contributed by atoms with Crippen molar-refractivity contribution >= 4 is 16.6 Å². The molecule has 3 nitrogen and oxygen atoms in total. The fraction of sp³-hybridized carbons (Fsp3) is 0.400. The van der Waals surface area contributed by atoms with Crippen LogP contribution in [0.25, 0.3) is 10.9 Å². The van der Waals surface area contributed by atoms with Crippen LogP contribution >= 0.6 is 0 Å². The van der Waals surface area contributed by atoms with Gasteiger partial charge < -0.3 is 10.0 Å². The van der Waals surface area contributed by atoms with Crippen LogP contribution in [0.3, 0.4) is 0 Å². The third kappa shape index (κ3) is 1.95. The molecular weight excluding hydrogens is 224 g/mol. The number of para-hydroxylation sites is 1. The van der Waals surface area contributed by atoms with Crippen LogP contribution in [0.1, 0.15) is 19.0 Å². The minimum absolute atomic E-state index is 0.00122. The fourth-order valence-electron chi connectivity index (χ4n) is 2.71. The molecule has 1 unspecified atom stereocenters. The summed E-state index contributed by atoms with van der Waals surface area (Å²) >= 11 is 0. The molecule has 1 atom stereocenters. The topological polar surface area (TPSA) is 36.4 Å². The van der Waals surface area contributed by atoms with Crippen LogP contribution in [0.15, 0.2) is 30.3 Å². The number of hydrogen-bond donors (Lipinski definition) is 1. The van der Waals surface area contributed by atoms with E-state index in [1.807, 2.05) is 24.3 Å². The van der Waals surface area contributed by atoms with E-state index in [4.69, 9.17) is 0 Å². The lowest BCUT2D eigenvalue weighted by Crippen LogP contribution is -2.19. The largest absolute Gasteiger partial charge is 0.390 e. The number of anilines is 1. The van der Waals surface area contributed by atoms with Gasteiger partial charge in [-0.05, 0) is 24.5 Å². The van der Waals surface area contributed by atoms with Crippen molar-refractivity contribution in [3.05, 3.63) is 36.0 Å². The molecule has 0 radical (unpaired) electrons. The van der Waals surface area contributed by atoms with Crippen LogP contribution < -0.4 is 4.90 Å². The summed E-state index contributed by atoms with van der Waals surface area (Å²) in [5.41, 5.74) is 2.94. The lowest BCUT2D eigenvalue weighted by atomic mass is 10.1. The van der Waals surface area contributed by atoms with E-state index < -0.39 is 0 Å². The molecular formula is C15H18N2O. The Labute approximate surface area is 107 Å². The number of nitrogens with zero attached hydrogens (tertiary/aromatic N) is 2. The number of rotatable bonds is 2. The normalized spacial score (nSPS) is 19.7. The summed E-state index contributed by atoms with van der Waals surface area (Å²) in [6, 6.07) is 10.2. The molecule has 2 aromatic rings. The zero-order valence-electron chi connectivity index (χ0n) is 10.6. The van der Waals surface area contributed by atoms with Crippen LogP contribution in [-0.2, 0) is 6.61 Å². The highest BCUT2D eigenvalue weighted by atomic mass is 16.3. The molecule has 1 aliphatic heterocycles. The maximum atomic E-state index is 9.34. The molecule has 1 aliphatic rings. The highest BCUT2D eigenvalue weighted by molar-refractivity contribution is 5.92. The van der Waals surface area contributed by atoms with Crippen LogP contribution in [-0.4, -0.2) is 23.2 Å². The smallest absolute Gasteiger partial charge is 0.0854 e. The molecule has 1 aromatic carbocycles. The van der Waals surface area contributed by atoms with Gasteiger partial charge >= 0.3 is 0 Å². The number of aromatic nitrogens is 1. The van der Waals surface area contributed by atoms with E-state index in [1.54, 1.807) is 0 Å². The number of pyridine rings is 1. The first-order valence-electron chi connectivity index (χ1n) is 6.52. The predicted octanol–water partition coefficient (Wildman–Crippen LogP) is 2.57. The highest BCUT2D eigenvalue weighted by Crippen LogP contribution is 2.30. The van der Waals surface area contributed by atoms with Crippen molar-refractivity contribution in [2.24, 2.45) is 5.92 Å². The minimum atomic E-state index is 0.00122. The molecule has 18 heavy (non-hydrogen) atoms. The third-order valence-corrected chi connectivity index (χ3v) is 3.67. The Bertz CT molecular complexity index is 567. The molecule has 0 amide bonds. The number of benzene rings is 1. The number of hydrogen-bond acceptors (Lipinski definition) is 3. The average molecular weight is 242 g/mol. The molecule has 94 valence electrons. The quantitative estimate of drug-likeness (QED) is 0.879. The van der Waals surface area contributed by atoms with Gasteiger partial charge in [0.1, 0.15) is 0 Å². The van der Waals surface area contributed by atoms with E-state index >= 15 is 0 Å². The first-order valence-corrected chi connectivity index (χ1v) is 6.52. The van der Waals surface area contributed by atoms with Crippen molar-refractivity contribution in [3.8, 4) is 0 Å². The van der Waals surface area contributed by atoms with E-state index in [9.17, 15) is 5.11 Å². The summed E-state index contributed by atoms with van der Waals surface area (Å²) in [5.74, 6) is 0.745. The van der Waals surface area contributed by atoms with Gasteiger partial charge in [-0.15, -0.1) is 0 Å². The zero-order chi connectivity index (χ0) is 12.5. The standard InChI is InChI=1S/C15H18N2O/c1-11-6-7-17(9-11)15-8-12(10-18)16-14-5-3-2-4-13(14)15/h2-5,8,11,18H,6-7,9-10H2,1H3. The van der Waals surface area contributed by atoms with Gasteiger partial charge in [0.05, 0.1) is 17.8 Å². The Hall–Kier alpha value is -1.61. The van der Waals surface area contributed by atoms with Gasteiger partial charge in [-0.2, -0.15) is 0 Å². The van der Waals surface area contributed by atoms with Crippen molar-refractivity contribution in [1.29, 1.82) is 0 Å². The second kappa shape index (κ2) is 4.58. The van der Waals surface area contributed by atoms with Gasteiger partial charge in [0.2, 0.25) is 0 Å². The van der Waals surface area contributed by atoms with E-state index in [1.165, 1.54) is 17.5 Å². The van der Waals surface area contributed by atoms with Gasteiger partial charge in [-0.1, -0.05) is 25.1 Å². The Morgan fingerprint density at radius 1 is 1.39 bits per heavy atom. The number of aliphatic hydroxyl groups is 1. The molecule has 1 aromatic heterocycles. The van der Waals surface area contributed by atoms with Crippen molar-refractivity contribution in [2.75, 3.05) is 18.0 Å². The minimum Gasteiger partial charge on any atom is -0.390 e. The fourth-order valence-corrected chi connectivity index (χ4v) is 2.71. The van der Waals surface area contributed by atoms with Crippen molar-refractivity contribution in [2.45, 2.75) is 20.0 Å². The Balaban J connectivity index is 2.13. The lowest BCUT2D eigenvalue weighted by molar-refractivity contribution is 0.277. The number of fused-ring (bicyclic) bond motifs is 1. The summed E-state index contributed by atoms with van der Waals surface area (Å²) in [6.07, 6.45) is 1.24. The molecule has 1 saturated heterocycles. The Morgan fingerprint density at radius 3 is 2.94 bits per heavy atom. The van der Waals surface area contributed by atoms with Crippen molar-refractivity contribution in [3.63, 3.8) is 0 Å². The summed E-state index contributed by atoms with van der Waals surface area (Å²) in [5, 5.41) is 10.5. The summed E-state index contributed by atoms with van der Waals surface area (Å²) in [4.78, 5) is 6.88. The molecule has 0 saturated carbocycles. The second-order valence-electron chi connectivity index (χ2n) is 5.15. The maximum Gasteiger partial charge on any atom is 0.0854 e. The first kappa shape index (κ1) is 11.5. The van der Waals surface area contributed by atoms with Crippen LogP contribution in [0.4, 0.5) is 5.69 Å². The predicted molar refractivity (Wildman–Crippen MR) is 73.7 cm³/mol. The molecule has 0 spiro atoms. The molecule has 0 aliphatic carbocycles. The third-order valence-electron chi connectivity index (χ3n) is 3.67. The Morgan fingerprint density at radius 2 is 2.22 bits per heavy atom. The maximum absolute atomic E-state index is 9.34. The van der Waals surface area contributed by atoms with Crippen LogP contribution in [0.2, 0.25) is 0 Å². The lowest BCUT2D eigenvalue weighted by Gasteiger charge is -2.21. The molecule has 1 fully saturated rings. The van der Waals surface area contributed by atoms with Crippen molar-refractivity contribution < 1.29 is 5.11 Å².